The summed E-state index contributed by atoms with van der Waals surface area (Å²) >= 11 is 0. The van der Waals surface area contributed by atoms with Gasteiger partial charge in [0, 0.05) is 26.4 Å². The molecular weight excluding hydrogens is 316 g/mol. The summed E-state index contributed by atoms with van der Waals surface area (Å²) in [7, 11) is 0.922. The van der Waals surface area contributed by atoms with Crippen LogP contribution in [0.2, 0.25) is 12.1 Å². The van der Waals surface area contributed by atoms with E-state index in [0.29, 0.717) is 38.1 Å². The first-order chi connectivity index (χ1) is 11.0. The van der Waals surface area contributed by atoms with E-state index < -0.39 is 8.56 Å². The van der Waals surface area contributed by atoms with Crippen LogP contribution in [-0.4, -0.2) is 47.9 Å². The fraction of sp³-hybridized carbons (Fsp3) is 0.625. The van der Waals surface area contributed by atoms with E-state index in [-0.39, 0.29) is 11.9 Å². The van der Waals surface area contributed by atoms with Crippen molar-refractivity contribution in [2.45, 2.75) is 38.8 Å². The molecule has 0 aliphatic heterocycles. The first kappa shape index (κ1) is 21.6. The zero-order valence-electron chi connectivity index (χ0n) is 14.5. The number of allylic oxidation sites excluding steroid dienone is 2. The Kier molecular flexibility index (Phi) is 12.2. The lowest BCUT2D eigenvalue weighted by molar-refractivity contribution is -0.138. The minimum absolute atomic E-state index is 0.334. The lowest BCUT2D eigenvalue weighted by atomic mass is 10.5. The number of carbonyl (C=O) groups is 2. The molecule has 0 heterocycles. The van der Waals surface area contributed by atoms with Gasteiger partial charge in [0.2, 0.25) is 0 Å². The maximum Gasteiger partial charge on any atom is 0.337 e. The number of esters is 2. The van der Waals surface area contributed by atoms with E-state index in [4.69, 9.17) is 18.3 Å². The van der Waals surface area contributed by atoms with Crippen molar-refractivity contribution < 1.29 is 27.9 Å². The molecule has 0 aromatic carbocycles. The van der Waals surface area contributed by atoms with E-state index in [0.717, 1.165) is 0 Å². The monoisotopic (exact) mass is 344 g/mol. The van der Waals surface area contributed by atoms with Crippen LogP contribution in [0.5, 0.6) is 0 Å². The third-order valence-corrected chi connectivity index (χ3v) is 6.96. The van der Waals surface area contributed by atoms with Crippen molar-refractivity contribution in [1.82, 2.24) is 0 Å². The predicted molar refractivity (Wildman–Crippen MR) is 90.2 cm³/mol. The van der Waals surface area contributed by atoms with Gasteiger partial charge >= 0.3 is 20.5 Å². The van der Waals surface area contributed by atoms with Crippen molar-refractivity contribution >= 4 is 20.5 Å². The summed E-state index contributed by atoms with van der Waals surface area (Å²) in [6.07, 6.45) is 7.40. The molecule has 0 spiro atoms. The Bertz CT molecular complexity index is 367. The minimum atomic E-state index is -2.34. The summed E-state index contributed by atoms with van der Waals surface area (Å²) in [5, 5.41) is 0. The molecule has 0 atom stereocenters. The number of ether oxygens (including phenoxy) is 2. The molecular formula is C16H28O6Si. The van der Waals surface area contributed by atoms with Crippen LogP contribution >= 0.6 is 0 Å². The molecule has 0 aromatic rings. The molecule has 132 valence electrons. The van der Waals surface area contributed by atoms with Crippen LogP contribution in [0.15, 0.2) is 24.3 Å². The van der Waals surface area contributed by atoms with Crippen LogP contribution in [0.4, 0.5) is 0 Å². The zero-order chi connectivity index (χ0) is 17.6. The fourth-order valence-electron chi connectivity index (χ4n) is 2.01. The van der Waals surface area contributed by atoms with Crippen LogP contribution in [-0.2, 0) is 27.9 Å². The van der Waals surface area contributed by atoms with Gasteiger partial charge in [0.1, 0.15) is 0 Å². The maximum absolute atomic E-state index is 11.2. The highest BCUT2D eigenvalue weighted by Gasteiger charge is 2.34. The van der Waals surface area contributed by atoms with E-state index >= 15 is 0 Å². The van der Waals surface area contributed by atoms with Gasteiger partial charge in [-0.2, -0.15) is 0 Å². The van der Waals surface area contributed by atoms with Crippen LogP contribution in [0.1, 0.15) is 26.7 Å². The van der Waals surface area contributed by atoms with Gasteiger partial charge in [-0.1, -0.05) is 12.2 Å². The van der Waals surface area contributed by atoms with Crippen molar-refractivity contribution in [3.05, 3.63) is 24.3 Å². The summed E-state index contributed by atoms with van der Waals surface area (Å²) < 4.78 is 21.3. The molecule has 0 aromatic heterocycles. The molecule has 0 bridgehead atoms. The average molecular weight is 344 g/mol. The topological polar surface area (TPSA) is 71.1 Å². The Labute approximate surface area is 139 Å². The van der Waals surface area contributed by atoms with E-state index in [9.17, 15) is 9.59 Å². The molecule has 0 amide bonds. The summed E-state index contributed by atoms with van der Waals surface area (Å²) in [6, 6.07) is 1.43. The summed E-state index contributed by atoms with van der Waals surface area (Å²) in [6.45, 7) is 4.19. The van der Waals surface area contributed by atoms with Crippen molar-refractivity contribution in [2.75, 3.05) is 27.4 Å². The standard InChI is InChI=1S/C16H28O6Si/c1-5-9-15(17)21-11-7-13-23(19-3,20-4)14-8-12-22-16(18)10-6-2/h5-6,9-10H,7-8,11-14H2,1-4H3. The molecule has 0 radical (unpaired) electrons. The SMILES string of the molecule is CC=CC(=O)OCCC[Si](CCCOC(=O)C=CC)(OC)OC. The van der Waals surface area contributed by atoms with E-state index in [1.807, 2.05) is 0 Å². The molecule has 0 saturated heterocycles. The van der Waals surface area contributed by atoms with Crippen LogP contribution in [0.25, 0.3) is 0 Å². The van der Waals surface area contributed by atoms with Crippen molar-refractivity contribution in [2.24, 2.45) is 0 Å². The van der Waals surface area contributed by atoms with Gasteiger partial charge in [-0.25, -0.2) is 9.59 Å². The van der Waals surface area contributed by atoms with Crippen molar-refractivity contribution in [1.29, 1.82) is 0 Å². The third kappa shape index (κ3) is 10.0. The second kappa shape index (κ2) is 13.0. The van der Waals surface area contributed by atoms with Gasteiger partial charge in [-0.05, 0) is 38.8 Å². The van der Waals surface area contributed by atoms with E-state index in [1.165, 1.54) is 12.2 Å². The minimum Gasteiger partial charge on any atom is -0.463 e. The number of rotatable bonds is 12. The smallest absolute Gasteiger partial charge is 0.337 e. The fourth-order valence-corrected chi connectivity index (χ4v) is 4.61. The second-order valence-electron chi connectivity index (χ2n) is 4.86. The van der Waals surface area contributed by atoms with E-state index in [1.54, 1.807) is 40.2 Å². The quantitative estimate of drug-likeness (QED) is 0.235. The van der Waals surface area contributed by atoms with Crippen LogP contribution in [0.3, 0.4) is 0 Å². The largest absolute Gasteiger partial charge is 0.463 e. The van der Waals surface area contributed by atoms with Gasteiger partial charge < -0.3 is 18.3 Å². The lowest BCUT2D eigenvalue weighted by Gasteiger charge is -2.27. The highest BCUT2D eigenvalue weighted by molar-refractivity contribution is 6.67. The van der Waals surface area contributed by atoms with Gasteiger partial charge in [0.25, 0.3) is 0 Å². The predicted octanol–water partition coefficient (Wildman–Crippen LogP) is 2.74. The van der Waals surface area contributed by atoms with Crippen molar-refractivity contribution in [3.8, 4) is 0 Å². The van der Waals surface area contributed by atoms with Crippen LogP contribution < -0.4 is 0 Å². The van der Waals surface area contributed by atoms with Gasteiger partial charge in [-0.3, -0.25) is 0 Å². The third-order valence-electron chi connectivity index (χ3n) is 3.24. The molecule has 0 unspecified atom stereocenters. The Morgan fingerprint density at radius 3 is 1.52 bits per heavy atom. The van der Waals surface area contributed by atoms with Crippen LogP contribution in [0, 0.1) is 0 Å². The summed E-state index contributed by atoms with van der Waals surface area (Å²) in [5.74, 6) is -0.684. The molecule has 0 saturated carbocycles. The number of hydrogen-bond donors (Lipinski definition) is 0. The highest BCUT2D eigenvalue weighted by atomic mass is 28.4. The normalized spacial score (nSPS) is 12.0. The van der Waals surface area contributed by atoms with Gasteiger partial charge in [-0.15, -0.1) is 0 Å². The van der Waals surface area contributed by atoms with E-state index in [2.05, 4.69) is 0 Å². The van der Waals surface area contributed by atoms with Crippen molar-refractivity contribution in [3.63, 3.8) is 0 Å². The molecule has 23 heavy (non-hydrogen) atoms. The Morgan fingerprint density at radius 1 is 0.826 bits per heavy atom. The highest BCUT2D eigenvalue weighted by Crippen LogP contribution is 2.21. The Balaban J connectivity index is 4.14. The second-order valence-corrected chi connectivity index (χ2v) is 8.50. The molecule has 6 nitrogen and oxygen atoms in total. The number of carbonyl (C=O) groups excluding carboxylic acids is 2. The molecule has 7 heteroatoms. The first-order valence-electron chi connectivity index (χ1n) is 7.72. The zero-order valence-corrected chi connectivity index (χ0v) is 15.5. The average Bonchev–Trinajstić information content (AvgIpc) is 2.54. The lowest BCUT2D eigenvalue weighted by Crippen LogP contribution is -2.40. The Morgan fingerprint density at radius 2 is 1.22 bits per heavy atom. The van der Waals surface area contributed by atoms with Gasteiger partial charge in [0.05, 0.1) is 13.2 Å². The summed E-state index contributed by atoms with van der Waals surface area (Å²) in [5.41, 5.74) is 0. The molecule has 0 aliphatic rings. The molecule has 0 aliphatic carbocycles. The number of hydrogen-bond acceptors (Lipinski definition) is 6. The first-order valence-corrected chi connectivity index (χ1v) is 9.96. The molecule has 0 rings (SSSR count). The maximum atomic E-state index is 11.2. The molecule has 0 fully saturated rings. The Hall–Kier alpha value is -1.44. The molecule has 0 N–H and O–H groups in total. The van der Waals surface area contributed by atoms with Gasteiger partial charge in [0.15, 0.2) is 0 Å². The summed E-state index contributed by atoms with van der Waals surface area (Å²) in [4.78, 5) is 22.4.